The Morgan fingerprint density at radius 1 is 1.47 bits per heavy atom. The molecule has 0 aromatic heterocycles. The van der Waals surface area contributed by atoms with Crippen LogP contribution in [0.5, 0.6) is 0 Å². The zero-order valence-corrected chi connectivity index (χ0v) is 11.3. The standard InChI is InChI=1S/C12H22N2O3/c1-6-14-8-7-9(13(5)11(14)16)17-10(15)12(2,3)4/h9H,6-8H2,1-5H3. The highest BCUT2D eigenvalue weighted by molar-refractivity contribution is 5.78. The van der Waals surface area contributed by atoms with Crippen molar-refractivity contribution in [3.63, 3.8) is 0 Å². The van der Waals surface area contributed by atoms with Crippen molar-refractivity contribution in [3.05, 3.63) is 0 Å². The summed E-state index contributed by atoms with van der Waals surface area (Å²) in [6, 6.07) is -0.0783. The third-order valence-electron chi connectivity index (χ3n) is 2.89. The number of hydrogen-bond acceptors (Lipinski definition) is 3. The van der Waals surface area contributed by atoms with E-state index in [1.54, 1.807) is 32.7 Å². The summed E-state index contributed by atoms with van der Waals surface area (Å²) in [4.78, 5) is 26.9. The maximum atomic E-state index is 11.9. The molecule has 1 rings (SSSR count). The summed E-state index contributed by atoms with van der Waals surface area (Å²) in [6.07, 6.45) is 0.231. The van der Waals surface area contributed by atoms with Crippen molar-refractivity contribution < 1.29 is 14.3 Å². The number of rotatable bonds is 2. The molecule has 98 valence electrons. The summed E-state index contributed by atoms with van der Waals surface area (Å²) in [7, 11) is 1.67. The van der Waals surface area contributed by atoms with Gasteiger partial charge in [0, 0.05) is 26.6 Å². The second kappa shape index (κ2) is 4.94. The second-order valence-corrected chi connectivity index (χ2v) is 5.37. The van der Waals surface area contributed by atoms with Crippen LogP contribution < -0.4 is 0 Å². The molecule has 1 aliphatic heterocycles. The Balaban J connectivity index is 2.63. The van der Waals surface area contributed by atoms with Crippen LogP contribution >= 0.6 is 0 Å². The van der Waals surface area contributed by atoms with Crippen LogP contribution in [0.15, 0.2) is 0 Å². The molecule has 0 saturated carbocycles. The lowest BCUT2D eigenvalue weighted by molar-refractivity contribution is -0.168. The highest BCUT2D eigenvalue weighted by Crippen LogP contribution is 2.21. The van der Waals surface area contributed by atoms with Gasteiger partial charge >= 0.3 is 12.0 Å². The topological polar surface area (TPSA) is 49.9 Å². The highest BCUT2D eigenvalue weighted by atomic mass is 16.6. The van der Waals surface area contributed by atoms with Crippen LogP contribution in [-0.2, 0) is 9.53 Å². The molecule has 1 fully saturated rings. The fraction of sp³-hybridized carbons (Fsp3) is 0.833. The zero-order chi connectivity index (χ0) is 13.2. The van der Waals surface area contributed by atoms with E-state index in [4.69, 9.17) is 4.74 Å². The van der Waals surface area contributed by atoms with Crippen LogP contribution in [0.2, 0.25) is 0 Å². The third-order valence-corrected chi connectivity index (χ3v) is 2.89. The van der Waals surface area contributed by atoms with Gasteiger partial charge in [0.05, 0.1) is 5.41 Å². The van der Waals surface area contributed by atoms with Gasteiger partial charge in [-0.25, -0.2) is 4.79 Å². The second-order valence-electron chi connectivity index (χ2n) is 5.37. The maximum Gasteiger partial charge on any atom is 0.322 e. The molecule has 0 spiro atoms. The first-order valence-electron chi connectivity index (χ1n) is 6.00. The van der Waals surface area contributed by atoms with E-state index < -0.39 is 11.6 Å². The number of esters is 1. The number of hydrogen-bond donors (Lipinski definition) is 0. The molecule has 5 nitrogen and oxygen atoms in total. The van der Waals surface area contributed by atoms with Gasteiger partial charge in [0.1, 0.15) is 0 Å². The van der Waals surface area contributed by atoms with Crippen LogP contribution in [0.1, 0.15) is 34.1 Å². The minimum absolute atomic E-state index is 0.0783. The minimum atomic E-state index is -0.536. The third kappa shape index (κ3) is 3.11. The zero-order valence-electron chi connectivity index (χ0n) is 11.3. The smallest absolute Gasteiger partial charge is 0.322 e. The van der Waals surface area contributed by atoms with Gasteiger partial charge in [-0.3, -0.25) is 9.69 Å². The molecule has 2 amide bonds. The Hall–Kier alpha value is -1.26. The Bertz CT molecular complexity index is 309. The number of urea groups is 1. The number of carbonyl (C=O) groups is 2. The largest absolute Gasteiger partial charge is 0.441 e. The average Bonchev–Trinajstić information content (AvgIpc) is 2.23. The molecule has 17 heavy (non-hydrogen) atoms. The van der Waals surface area contributed by atoms with E-state index in [9.17, 15) is 9.59 Å². The van der Waals surface area contributed by atoms with E-state index in [1.807, 2.05) is 6.92 Å². The lowest BCUT2D eigenvalue weighted by Crippen LogP contribution is -2.54. The molecule has 0 bridgehead atoms. The van der Waals surface area contributed by atoms with Crippen molar-refractivity contribution in [1.82, 2.24) is 9.80 Å². The summed E-state index contributed by atoms with van der Waals surface area (Å²) in [6.45, 7) is 8.67. The van der Waals surface area contributed by atoms with Gasteiger partial charge < -0.3 is 9.64 Å². The maximum absolute atomic E-state index is 11.9. The van der Waals surface area contributed by atoms with Gasteiger partial charge in [-0.2, -0.15) is 0 Å². The van der Waals surface area contributed by atoms with E-state index in [1.165, 1.54) is 4.90 Å². The summed E-state index contributed by atoms with van der Waals surface area (Å²) in [5.74, 6) is -0.271. The van der Waals surface area contributed by atoms with Gasteiger partial charge in [0.25, 0.3) is 0 Å². The van der Waals surface area contributed by atoms with E-state index >= 15 is 0 Å². The molecule has 0 aliphatic carbocycles. The number of ether oxygens (including phenoxy) is 1. The molecule has 1 saturated heterocycles. The fourth-order valence-corrected chi connectivity index (χ4v) is 1.63. The number of carbonyl (C=O) groups excluding carboxylic acids is 2. The Labute approximate surface area is 103 Å². The SMILES string of the molecule is CCN1CCC(OC(=O)C(C)(C)C)N(C)C1=O. The summed E-state index contributed by atoms with van der Waals surface area (Å²) < 4.78 is 5.37. The number of nitrogens with zero attached hydrogens (tertiary/aromatic N) is 2. The molecule has 5 heteroatoms. The van der Waals surface area contributed by atoms with Crippen molar-refractivity contribution >= 4 is 12.0 Å². The van der Waals surface area contributed by atoms with Crippen molar-refractivity contribution in [2.45, 2.75) is 40.3 Å². The van der Waals surface area contributed by atoms with E-state index in [0.717, 1.165) is 0 Å². The Kier molecular flexibility index (Phi) is 4.01. The molecular weight excluding hydrogens is 220 g/mol. The first kappa shape index (κ1) is 13.8. The Morgan fingerprint density at radius 2 is 2.06 bits per heavy atom. The van der Waals surface area contributed by atoms with Crippen LogP contribution in [0.4, 0.5) is 4.79 Å². The van der Waals surface area contributed by atoms with Gasteiger partial charge in [0.15, 0.2) is 6.23 Å². The average molecular weight is 242 g/mol. The van der Waals surface area contributed by atoms with E-state index in [-0.39, 0.29) is 12.0 Å². The molecular formula is C12H22N2O3. The lowest BCUT2D eigenvalue weighted by Gasteiger charge is -2.39. The Morgan fingerprint density at radius 3 is 2.53 bits per heavy atom. The normalized spacial score (nSPS) is 21.7. The van der Waals surface area contributed by atoms with Crippen molar-refractivity contribution in [3.8, 4) is 0 Å². The first-order valence-corrected chi connectivity index (χ1v) is 6.00. The summed E-state index contributed by atoms with van der Waals surface area (Å²) >= 11 is 0. The molecule has 1 unspecified atom stereocenters. The van der Waals surface area contributed by atoms with Crippen LogP contribution in [-0.4, -0.2) is 48.2 Å². The first-order chi connectivity index (χ1) is 7.77. The van der Waals surface area contributed by atoms with Crippen LogP contribution in [0.3, 0.4) is 0 Å². The predicted octanol–water partition coefficient (Wildman–Crippen LogP) is 1.68. The van der Waals surface area contributed by atoms with Crippen molar-refractivity contribution in [2.75, 3.05) is 20.1 Å². The van der Waals surface area contributed by atoms with E-state index in [0.29, 0.717) is 19.5 Å². The molecule has 0 N–H and O–H groups in total. The minimum Gasteiger partial charge on any atom is -0.441 e. The fourth-order valence-electron chi connectivity index (χ4n) is 1.63. The van der Waals surface area contributed by atoms with Crippen molar-refractivity contribution in [2.24, 2.45) is 5.41 Å². The summed E-state index contributed by atoms with van der Waals surface area (Å²) in [5.41, 5.74) is -0.536. The predicted molar refractivity (Wildman–Crippen MR) is 64.4 cm³/mol. The van der Waals surface area contributed by atoms with Crippen LogP contribution in [0.25, 0.3) is 0 Å². The molecule has 1 atom stereocenters. The van der Waals surface area contributed by atoms with E-state index in [2.05, 4.69) is 0 Å². The van der Waals surface area contributed by atoms with Gasteiger partial charge in [0.2, 0.25) is 0 Å². The monoisotopic (exact) mass is 242 g/mol. The quantitative estimate of drug-likeness (QED) is 0.692. The molecule has 1 aliphatic rings. The number of amides is 2. The van der Waals surface area contributed by atoms with Gasteiger partial charge in [-0.15, -0.1) is 0 Å². The van der Waals surface area contributed by atoms with Gasteiger partial charge in [-0.1, -0.05) is 0 Å². The molecule has 1 heterocycles. The highest BCUT2D eigenvalue weighted by Gasteiger charge is 2.34. The molecule has 0 radical (unpaired) electrons. The van der Waals surface area contributed by atoms with Crippen LogP contribution in [0, 0.1) is 5.41 Å². The van der Waals surface area contributed by atoms with Crippen molar-refractivity contribution in [1.29, 1.82) is 0 Å². The van der Waals surface area contributed by atoms with Gasteiger partial charge in [-0.05, 0) is 27.7 Å². The molecule has 0 aromatic carbocycles. The lowest BCUT2D eigenvalue weighted by atomic mass is 9.97. The summed E-state index contributed by atoms with van der Waals surface area (Å²) in [5, 5.41) is 0. The molecule has 0 aromatic rings.